The van der Waals surface area contributed by atoms with Gasteiger partial charge in [-0.2, -0.15) is 0 Å². The Balaban J connectivity index is 1.86. The quantitative estimate of drug-likeness (QED) is 0.806. The van der Waals surface area contributed by atoms with Gasteiger partial charge in [0.15, 0.2) is 0 Å². The molecule has 104 valence electrons. The lowest BCUT2D eigenvalue weighted by atomic mass is 9.84. The lowest BCUT2D eigenvalue weighted by molar-refractivity contribution is -0.126. The minimum absolute atomic E-state index is 0.0240. The largest absolute Gasteiger partial charge is 0.353 e. The molecule has 0 aliphatic heterocycles. The van der Waals surface area contributed by atoms with Crippen LogP contribution in [0.3, 0.4) is 0 Å². The van der Waals surface area contributed by atoms with Crippen molar-refractivity contribution < 1.29 is 4.79 Å². The SMILES string of the molecule is CC(C)(C)CC(CN)C(=O)NC1CC2CCC1C2. The van der Waals surface area contributed by atoms with Crippen molar-refractivity contribution >= 4 is 5.91 Å². The highest BCUT2D eigenvalue weighted by molar-refractivity contribution is 5.79. The molecule has 2 aliphatic carbocycles. The zero-order valence-corrected chi connectivity index (χ0v) is 12.0. The number of carbonyl (C=O) groups is 1. The first-order valence-corrected chi connectivity index (χ1v) is 7.39. The number of amides is 1. The molecule has 18 heavy (non-hydrogen) atoms. The predicted octanol–water partition coefficient (Wildman–Crippen LogP) is 2.30. The molecule has 0 aromatic carbocycles. The average molecular weight is 252 g/mol. The van der Waals surface area contributed by atoms with Gasteiger partial charge < -0.3 is 11.1 Å². The predicted molar refractivity (Wildman–Crippen MR) is 74.0 cm³/mol. The third kappa shape index (κ3) is 3.25. The molecule has 4 unspecified atom stereocenters. The molecule has 1 amide bonds. The summed E-state index contributed by atoms with van der Waals surface area (Å²) in [5, 5.41) is 3.26. The molecule has 2 rings (SSSR count). The van der Waals surface area contributed by atoms with Gasteiger partial charge in [-0.25, -0.2) is 0 Å². The van der Waals surface area contributed by atoms with Crippen LogP contribution in [0.15, 0.2) is 0 Å². The van der Waals surface area contributed by atoms with E-state index in [0.717, 1.165) is 18.3 Å². The molecule has 3 N–H and O–H groups in total. The van der Waals surface area contributed by atoms with E-state index >= 15 is 0 Å². The first-order valence-electron chi connectivity index (χ1n) is 7.39. The zero-order valence-electron chi connectivity index (χ0n) is 12.0. The van der Waals surface area contributed by atoms with Gasteiger partial charge in [0.25, 0.3) is 0 Å². The lowest BCUT2D eigenvalue weighted by Gasteiger charge is -2.28. The van der Waals surface area contributed by atoms with Crippen LogP contribution in [0.4, 0.5) is 0 Å². The van der Waals surface area contributed by atoms with E-state index in [1.807, 2.05) is 0 Å². The van der Waals surface area contributed by atoms with E-state index in [1.165, 1.54) is 25.7 Å². The zero-order chi connectivity index (χ0) is 13.3. The van der Waals surface area contributed by atoms with Crippen molar-refractivity contribution in [2.75, 3.05) is 6.54 Å². The Labute approximate surface area is 111 Å². The molecule has 2 bridgehead atoms. The van der Waals surface area contributed by atoms with Gasteiger partial charge in [0.2, 0.25) is 5.91 Å². The van der Waals surface area contributed by atoms with Crippen molar-refractivity contribution in [2.24, 2.45) is 28.9 Å². The summed E-state index contributed by atoms with van der Waals surface area (Å²) in [5.74, 6) is 1.78. The minimum atomic E-state index is -0.0240. The first kappa shape index (κ1) is 13.9. The molecule has 2 aliphatic rings. The lowest BCUT2D eigenvalue weighted by Crippen LogP contribution is -2.44. The maximum absolute atomic E-state index is 12.3. The molecule has 0 spiro atoms. The summed E-state index contributed by atoms with van der Waals surface area (Å²) in [5.41, 5.74) is 5.93. The summed E-state index contributed by atoms with van der Waals surface area (Å²) >= 11 is 0. The Morgan fingerprint density at radius 3 is 2.50 bits per heavy atom. The normalized spacial score (nSPS) is 32.6. The molecule has 0 heterocycles. The van der Waals surface area contributed by atoms with Crippen LogP contribution in [0, 0.1) is 23.2 Å². The second-order valence-electron chi connectivity index (χ2n) is 7.49. The minimum Gasteiger partial charge on any atom is -0.353 e. The molecule has 0 radical (unpaired) electrons. The van der Waals surface area contributed by atoms with Crippen molar-refractivity contribution in [3.63, 3.8) is 0 Å². The van der Waals surface area contributed by atoms with E-state index in [0.29, 0.717) is 12.6 Å². The molecule has 0 aromatic rings. The van der Waals surface area contributed by atoms with Gasteiger partial charge in [-0.3, -0.25) is 4.79 Å². The molecule has 0 aromatic heterocycles. The number of rotatable bonds is 4. The van der Waals surface area contributed by atoms with Gasteiger partial charge in [-0.15, -0.1) is 0 Å². The van der Waals surface area contributed by atoms with Crippen molar-refractivity contribution in [3.05, 3.63) is 0 Å². The second kappa shape index (κ2) is 5.20. The average Bonchev–Trinajstić information content (AvgIpc) is 2.86. The van der Waals surface area contributed by atoms with E-state index in [-0.39, 0.29) is 17.2 Å². The summed E-state index contributed by atoms with van der Waals surface area (Å²) < 4.78 is 0. The fourth-order valence-electron chi connectivity index (χ4n) is 3.74. The highest BCUT2D eigenvalue weighted by Crippen LogP contribution is 2.44. The summed E-state index contributed by atoms with van der Waals surface area (Å²) in [6.45, 7) is 6.96. The third-order valence-corrected chi connectivity index (χ3v) is 4.58. The maximum atomic E-state index is 12.3. The summed E-state index contributed by atoms with van der Waals surface area (Å²) in [7, 11) is 0. The van der Waals surface area contributed by atoms with Crippen LogP contribution >= 0.6 is 0 Å². The van der Waals surface area contributed by atoms with Gasteiger partial charge in [-0.05, 0) is 42.9 Å². The molecule has 2 saturated carbocycles. The Morgan fingerprint density at radius 1 is 1.33 bits per heavy atom. The van der Waals surface area contributed by atoms with Crippen LogP contribution in [-0.4, -0.2) is 18.5 Å². The summed E-state index contributed by atoms with van der Waals surface area (Å²) in [6.07, 6.45) is 6.08. The van der Waals surface area contributed by atoms with Crippen LogP contribution in [0.25, 0.3) is 0 Å². The molecule has 4 atom stereocenters. The van der Waals surface area contributed by atoms with Gasteiger partial charge >= 0.3 is 0 Å². The Kier molecular flexibility index (Phi) is 4.00. The van der Waals surface area contributed by atoms with Gasteiger partial charge in [0.1, 0.15) is 0 Å². The van der Waals surface area contributed by atoms with Crippen molar-refractivity contribution in [3.8, 4) is 0 Å². The van der Waals surface area contributed by atoms with Crippen molar-refractivity contribution in [1.29, 1.82) is 0 Å². The molecule has 2 fully saturated rings. The van der Waals surface area contributed by atoms with E-state index in [2.05, 4.69) is 26.1 Å². The van der Waals surface area contributed by atoms with Crippen LogP contribution in [0.1, 0.15) is 52.9 Å². The fraction of sp³-hybridized carbons (Fsp3) is 0.933. The Bertz CT molecular complexity index is 308. The molecule has 0 saturated heterocycles. The van der Waals surface area contributed by atoms with Crippen LogP contribution in [-0.2, 0) is 4.79 Å². The Morgan fingerprint density at radius 2 is 2.06 bits per heavy atom. The van der Waals surface area contributed by atoms with E-state index in [9.17, 15) is 4.79 Å². The first-order chi connectivity index (χ1) is 8.39. The highest BCUT2D eigenvalue weighted by Gasteiger charge is 2.40. The number of hydrogen-bond acceptors (Lipinski definition) is 2. The summed E-state index contributed by atoms with van der Waals surface area (Å²) in [4.78, 5) is 12.3. The number of carbonyl (C=O) groups excluding carboxylic acids is 1. The fourth-order valence-corrected chi connectivity index (χ4v) is 3.74. The Hall–Kier alpha value is -0.570. The van der Waals surface area contributed by atoms with Gasteiger partial charge in [-0.1, -0.05) is 27.2 Å². The van der Waals surface area contributed by atoms with Crippen molar-refractivity contribution in [2.45, 2.75) is 58.9 Å². The number of fused-ring (bicyclic) bond motifs is 2. The smallest absolute Gasteiger partial charge is 0.224 e. The van der Waals surface area contributed by atoms with E-state index in [4.69, 9.17) is 5.73 Å². The van der Waals surface area contributed by atoms with E-state index < -0.39 is 0 Å². The van der Waals surface area contributed by atoms with Crippen LogP contribution in [0.5, 0.6) is 0 Å². The molecular formula is C15H28N2O. The monoisotopic (exact) mass is 252 g/mol. The standard InChI is InChI=1S/C15H28N2O/c1-15(2,3)8-12(9-16)14(18)17-13-7-10-4-5-11(13)6-10/h10-13H,4-9,16H2,1-3H3,(H,17,18). The van der Waals surface area contributed by atoms with Crippen molar-refractivity contribution in [1.82, 2.24) is 5.32 Å². The van der Waals surface area contributed by atoms with E-state index in [1.54, 1.807) is 0 Å². The van der Waals surface area contributed by atoms with Crippen LogP contribution < -0.4 is 11.1 Å². The molecule has 3 nitrogen and oxygen atoms in total. The molecule has 3 heteroatoms. The highest BCUT2D eigenvalue weighted by atomic mass is 16.2. The number of nitrogens with two attached hydrogens (primary N) is 1. The number of hydrogen-bond donors (Lipinski definition) is 2. The molecular weight excluding hydrogens is 224 g/mol. The number of nitrogens with one attached hydrogen (secondary N) is 1. The van der Waals surface area contributed by atoms with Gasteiger partial charge in [0, 0.05) is 12.6 Å². The third-order valence-electron chi connectivity index (χ3n) is 4.58. The summed E-state index contributed by atoms with van der Waals surface area (Å²) in [6, 6.07) is 0.435. The van der Waals surface area contributed by atoms with Gasteiger partial charge in [0.05, 0.1) is 5.92 Å². The maximum Gasteiger partial charge on any atom is 0.224 e. The second-order valence-corrected chi connectivity index (χ2v) is 7.49. The topological polar surface area (TPSA) is 55.1 Å². The van der Waals surface area contributed by atoms with Crippen LogP contribution in [0.2, 0.25) is 0 Å².